The maximum atomic E-state index is 5.44. The first kappa shape index (κ1) is 13.4. The zero-order valence-corrected chi connectivity index (χ0v) is 12.5. The highest BCUT2D eigenvalue weighted by atomic mass is 32.1. The summed E-state index contributed by atoms with van der Waals surface area (Å²) in [6.07, 6.45) is 4.51. The SMILES string of the molecule is COc1ccc(-c2cnc(CNC3CC3)s2)c(OC)c1. The minimum absolute atomic E-state index is 0.706. The van der Waals surface area contributed by atoms with Gasteiger partial charge in [0.15, 0.2) is 0 Å². The molecule has 1 fully saturated rings. The largest absolute Gasteiger partial charge is 0.497 e. The molecule has 0 bridgehead atoms. The van der Waals surface area contributed by atoms with Gasteiger partial charge in [0.2, 0.25) is 0 Å². The fourth-order valence-electron chi connectivity index (χ4n) is 2.04. The monoisotopic (exact) mass is 290 g/mol. The van der Waals surface area contributed by atoms with Gasteiger partial charge in [-0.15, -0.1) is 11.3 Å². The normalized spacial score (nSPS) is 14.3. The standard InChI is InChI=1S/C15H18N2O2S/c1-18-11-5-6-12(13(7-11)19-2)14-8-17-15(20-14)9-16-10-3-4-10/h5-8,10,16H,3-4,9H2,1-2H3. The molecule has 1 aromatic heterocycles. The van der Waals surface area contributed by atoms with E-state index in [4.69, 9.17) is 9.47 Å². The van der Waals surface area contributed by atoms with Crippen molar-refractivity contribution in [1.82, 2.24) is 10.3 Å². The molecule has 3 rings (SSSR count). The summed E-state index contributed by atoms with van der Waals surface area (Å²) < 4.78 is 10.7. The second-order valence-electron chi connectivity index (χ2n) is 4.84. The van der Waals surface area contributed by atoms with E-state index in [1.165, 1.54) is 12.8 Å². The number of nitrogens with one attached hydrogen (secondary N) is 1. The van der Waals surface area contributed by atoms with Crippen molar-refractivity contribution in [2.24, 2.45) is 0 Å². The summed E-state index contributed by atoms with van der Waals surface area (Å²) in [6.45, 7) is 0.855. The van der Waals surface area contributed by atoms with Crippen LogP contribution in [0.2, 0.25) is 0 Å². The van der Waals surface area contributed by atoms with Gasteiger partial charge in [-0.25, -0.2) is 4.98 Å². The number of hydrogen-bond donors (Lipinski definition) is 1. The lowest BCUT2D eigenvalue weighted by molar-refractivity contribution is 0.395. The Kier molecular flexibility index (Phi) is 3.89. The van der Waals surface area contributed by atoms with Gasteiger partial charge in [0.05, 0.1) is 19.1 Å². The molecule has 0 saturated heterocycles. The Morgan fingerprint density at radius 3 is 2.85 bits per heavy atom. The van der Waals surface area contributed by atoms with Crippen LogP contribution in [0, 0.1) is 0 Å². The van der Waals surface area contributed by atoms with Gasteiger partial charge in [-0.1, -0.05) is 0 Å². The van der Waals surface area contributed by atoms with E-state index in [0.29, 0.717) is 6.04 Å². The zero-order chi connectivity index (χ0) is 13.9. The van der Waals surface area contributed by atoms with Gasteiger partial charge >= 0.3 is 0 Å². The second-order valence-corrected chi connectivity index (χ2v) is 5.95. The van der Waals surface area contributed by atoms with E-state index in [0.717, 1.165) is 33.5 Å². The van der Waals surface area contributed by atoms with E-state index in [1.54, 1.807) is 25.6 Å². The number of nitrogens with zero attached hydrogens (tertiary/aromatic N) is 1. The molecule has 1 N–H and O–H groups in total. The third kappa shape index (κ3) is 2.94. The number of benzene rings is 1. The number of aromatic nitrogens is 1. The Bertz CT molecular complexity index is 593. The number of methoxy groups -OCH3 is 2. The molecule has 0 amide bonds. The van der Waals surface area contributed by atoms with Crippen LogP contribution in [-0.2, 0) is 6.54 Å². The Balaban J connectivity index is 1.80. The fraction of sp³-hybridized carbons (Fsp3) is 0.400. The molecule has 1 heterocycles. The summed E-state index contributed by atoms with van der Waals surface area (Å²) in [5.41, 5.74) is 1.06. The summed E-state index contributed by atoms with van der Waals surface area (Å²) in [7, 11) is 3.33. The molecule has 1 aliphatic rings. The predicted molar refractivity (Wildman–Crippen MR) is 80.5 cm³/mol. The summed E-state index contributed by atoms with van der Waals surface area (Å²) in [6, 6.07) is 6.57. The molecular formula is C15H18N2O2S. The van der Waals surface area contributed by atoms with Crippen molar-refractivity contribution in [2.75, 3.05) is 14.2 Å². The lowest BCUT2D eigenvalue weighted by Crippen LogP contribution is -2.14. The Morgan fingerprint density at radius 2 is 2.15 bits per heavy atom. The van der Waals surface area contributed by atoms with Gasteiger partial charge in [-0.05, 0) is 25.0 Å². The summed E-state index contributed by atoms with van der Waals surface area (Å²) in [5.74, 6) is 1.61. The smallest absolute Gasteiger partial charge is 0.131 e. The first-order chi connectivity index (χ1) is 9.80. The van der Waals surface area contributed by atoms with Gasteiger partial charge in [0.1, 0.15) is 16.5 Å². The number of rotatable bonds is 6. The summed E-state index contributed by atoms with van der Waals surface area (Å²) in [5, 5.41) is 4.60. The minimum atomic E-state index is 0.706. The third-order valence-electron chi connectivity index (χ3n) is 3.35. The molecule has 4 nitrogen and oxygen atoms in total. The predicted octanol–water partition coefficient (Wildman–Crippen LogP) is 3.08. The minimum Gasteiger partial charge on any atom is -0.497 e. The van der Waals surface area contributed by atoms with Crippen LogP contribution < -0.4 is 14.8 Å². The first-order valence-electron chi connectivity index (χ1n) is 6.70. The van der Waals surface area contributed by atoms with Gasteiger partial charge in [-0.2, -0.15) is 0 Å². The van der Waals surface area contributed by atoms with Crippen LogP contribution in [0.25, 0.3) is 10.4 Å². The topological polar surface area (TPSA) is 43.4 Å². The first-order valence-corrected chi connectivity index (χ1v) is 7.52. The molecule has 0 spiro atoms. The molecule has 1 aromatic carbocycles. The molecule has 1 aliphatic carbocycles. The maximum Gasteiger partial charge on any atom is 0.131 e. The van der Waals surface area contributed by atoms with E-state index in [-0.39, 0.29) is 0 Å². The Morgan fingerprint density at radius 1 is 1.30 bits per heavy atom. The van der Waals surface area contributed by atoms with Crippen molar-refractivity contribution in [3.05, 3.63) is 29.4 Å². The lowest BCUT2D eigenvalue weighted by atomic mass is 10.1. The lowest BCUT2D eigenvalue weighted by Gasteiger charge is -2.08. The van der Waals surface area contributed by atoms with Crippen molar-refractivity contribution in [1.29, 1.82) is 0 Å². The molecule has 5 heteroatoms. The van der Waals surface area contributed by atoms with E-state index in [2.05, 4.69) is 10.3 Å². The summed E-state index contributed by atoms with van der Waals surface area (Å²) >= 11 is 1.70. The number of ether oxygens (including phenoxy) is 2. The van der Waals surface area contributed by atoms with Gasteiger partial charge < -0.3 is 14.8 Å². The molecule has 0 unspecified atom stereocenters. The second kappa shape index (κ2) is 5.81. The van der Waals surface area contributed by atoms with E-state index >= 15 is 0 Å². The molecular weight excluding hydrogens is 272 g/mol. The molecule has 0 radical (unpaired) electrons. The maximum absolute atomic E-state index is 5.44. The third-order valence-corrected chi connectivity index (χ3v) is 4.38. The fourth-order valence-corrected chi connectivity index (χ4v) is 2.94. The molecule has 0 atom stereocenters. The van der Waals surface area contributed by atoms with Crippen LogP contribution in [0.3, 0.4) is 0 Å². The van der Waals surface area contributed by atoms with Gasteiger partial charge in [0, 0.05) is 30.4 Å². The van der Waals surface area contributed by atoms with E-state index in [1.807, 2.05) is 24.4 Å². The van der Waals surface area contributed by atoms with Crippen molar-refractivity contribution in [2.45, 2.75) is 25.4 Å². The average molecular weight is 290 g/mol. The van der Waals surface area contributed by atoms with Crippen molar-refractivity contribution in [3.63, 3.8) is 0 Å². The van der Waals surface area contributed by atoms with Crippen LogP contribution in [0.15, 0.2) is 24.4 Å². The average Bonchev–Trinajstić information content (AvgIpc) is 3.21. The molecule has 1 saturated carbocycles. The van der Waals surface area contributed by atoms with E-state index < -0.39 is 0 Å². The number of thiazole rings is 1. The van der Waals surface area contributed by atoms with Crippen LogP contribution >= 0.6 is 11.3 Å². The Hall–Kier alpha value is -1.59. The highest BCUT2D eigenvalue weighted by Gasteiger charge is 2.20. The molecule has 106 valence electrons. The van der Waals surface area contributed by atoms with Crippen LogP contribution in [0.4, 0.5) is 0 Å². The van der Waals surface area contributed by atoms with Gasteiger partial charge in [-0.3, -0.25) is 0 Å². The van der Waals surface area contributed by atoms with Gasteiger partial charge in [0.25, 0.3) is 0 Å². The molecule has 2 aromatic rings. The van der Waals surface area contributed by atoms with Crippen molar-refractivity contribution < 1.29 is 9.47 Å². The Labute approximate surface area is 122 Å². The number of hydrogen-bond acceptors (Lipinski definition) is 5. The highest BCUT2D eigenvalue weighted by molar-refractivity contribution is 7.15. The van der Waals surface area contributed by atoms with E-state index in [9.17, 15) is 0 Å². The van der Waals surface area contributed by atoms with Crippen LogP contribution in [-0.4, -0.2) is 25.2 Å². The highest BCUT2D eigenvalue weighted by Crippen LogP contribution is 2.36. The summed E-state index contributed by atoms with van der Waals surface area (Å²) in [4.78, 5) is 5.60. The molecule has 0 aliphatic heterocycles. The molecule has 20 heavy (non-hydrogen) atoms. The quantitative estimate of drug-likeness (QED) is 0.888. The van der Waals surface area contributed by atoms with Crippen molar-refractivity contribution >= 4 is 11.3 Å². The van der Waals surface area contributed by atoms with Crippen molar-refractivity contribution in [3.8, 4) is 21.9 Å². The van der Waals surface area contributed by atoms with Crippen LogP contribution in [0.5, 0.6) is 11.5 Å². The zero-order valence-electron chi connectivity index (χ0n) is 11.7. The van der Waals surface area contributed by atoms with Crippen LogP contribution in [0.1, 0.15) is 17.8 Å².